The van der Waals surface area contributed by atoms with Crippen molar-refractivity contribution in [1.29, 1.82) is 0 Å². The summed E-state index contributed by atoms with van der Waals surface area (Å²) < 4.78 is 13.2. The summed E-state index contributed by atoms with van der Waals surface area (Å²) in [6.45, 7) is 9.79. The Hall–Kier alpha value is -0.940. The number of aromatic nitrogens is 3. The van der Waals surface area contributed by atoms with Crippen LogP contribution in [0.4, 0.5) is 0 Å². The number of methoxy groups -OCH3 is 1. The van der Waals surface area contributed by atoms with Crippen LogP contribution in [-0.2, 0) is 29.0 Å². The average molecular weight is 520 g/mol. The molecule has 8 nitrogen and oxygen atoms in total. The summed E-state index contributed by atoms with van der Waals surface area (Å²) in [6, 6.07) is 0.289. The van der Waals surface area contributed by atoms with Gasteiger partial charge in [0.2, 0.25) is 0 Å². The van der Waals surface area contributed by atoms with E-state index in [4.69, 9.17) is 9.47 Å². The highest BCUT2D eigenvalue weighted by atomic mass is 127. The quantitative estimate of drug-likeness (QED) is 0.353. The van der Waals surface area contributed by atoms with Crippen molar-refractivity contribution in [1.82, 2.24) is 25.4 Å². The van der Waals surface area contributed by atoms with Gasteiger partial charge in [-0.3, -0.25) is 4.99 Å². The van der Waals surface area contributed by atoms with E-state index in [9.17, 15) is 0 Å². The minimum absolute atomic E-state index is 0. The molecule has 0 aliphatic carbocycles. The van der Waals surface area contributed by atoms with Gasteiger partial charge in [0.15, 0.2) is 11.8 Å². The molecule has 9 heteroatoms. The lowest BCUT2D eigenvalue weighted by atomic mass is 9.78. The molecule has 3 heterocycles. The van der Waals surface area contributed by atoms with Gasteiger partial charge in [-0.05, 0) is 24.7 Å². The minimum Gasteiger partial charge on any atom is -0.377 e. The van der Waals surface area contributed by atoms with E-state index in [1.54, 1.807) is 7.11 Å². The Morgan fingerprint density at radius 1 is 1.34 bits per heavy atom. The molecule has 0 amide bonds. The predicted molar refractivity (Wildman–Crippen MR) is 125 cm³/mol. The molecule has 3 unspecified atom stereocenters. The standard InChI is InChI=1S/C20H36N6O2.HI/c1-20(2,3)18-14(7-6-10-28-18)11-22-19(21-4)23-15-8-9-17-24-16(13-27-5)25-26(17)12-15;/h14-15,18H,6-13H2,1-5H3,(H2,21,22,23);1H. The zero-order chi connectivity index (χ0) is 20.1. The fraction of sp³-hybridized carbons (Fsp3) is 0.850. The molecule has 166 valence electrons. The number of nitrogens with one attached hydrogen (secondary N) is 2. The molecule has 0 aromatic carbocycles. The first-order valence-corrected chi connectivity index (χ1v) is 10.4. The lowest BCUT2D eigenvalue weighted by Gasteiger charge is -2.40. The van der Waals surface area contributed by atoms with Crippen LogP contribution in [0.25, 0.3) is 0 Å². The Bertz CT molecular complexity index is 672. The summed E-state index contributed by atoms with van der Waals surface area (Å²) in [5, 5.41) is 11.6. The molecule has 0 spiro atoms. The normalized spacial score (nSPS) is 25.1. The van der Waals surface area contributed by atoms with Gasteiger partial charge in [0.25, 0.3) is 0 Å². The molecular weight excluding hydrogens is 483 g/mol. The van der Waals surface area contributed by atoms with E-state index in [-0.39, 0.29) is 41.5 Å². The van der Waals surface area contributed by atoms with Gasteiger partial charge in [-0.15, -0.1) is 24.0 Å². The van der Waals surface area contributed by atoms with Crippen molar-refractivity contribution >= 4 is 29.9 Å². The fourth-order valence-electron chi connectivity index (χ4n) is 4.29. The Kier molecular flexibility index (Phi) is 9.15. The Morgan fingerprint density at radius 3 is 2.83 bits per heavy atom. The van der Waals surface area contributed by atoms with Crippen LogP contribution in [0.15, 0.2) is 4.99 Å². The second-order valence-electron chi connectivity index (χ2n) is 8.95. The topological polar surface area (TPSA) is 85.6 Å². The molecule has 1 fully saturated rings. The number of hydrogen-bond acceptors (Lipinski definition) is 5. The third-order valence-electron chi connectivity index (χ3n) is 5.57. The number of guanidine groups is 1. The number of aryl methyl sites for hydroxylation is 1. The van der Waals surface area contributed by atoms with E-state index >= 15 is 0 Å². The zero-order valence-electron chi connectivity index (χ0n) is 18.4. The van der Waals surface area contributed by atoms with E-state index in [1.807, 2.05) is 11.7 Å². The van der Waals surface area contributed by atoms with Crippen LogP contribution < -0.4 is 10.6 Å². The van der Waals surface area contributed by atoms with Gasteiger partial charge < -0.3 is 20.1 Å². The Morgan fingerprint density at radius 2 is 2.14 bits per heavy atom. The van der Waals surface area contributed by atoms with Gasteiger partial charge in [-0.1, -0.05) is 20.8 Å². The molecule has 1 saturated heterocycles. The lowest BCUT2D eigenvalue weighted by molar-refractivity contribution is -0.0835. The lowest BCUT2D eigenvalue weighted by Crippen LogP contribution is -2.50. The van der Waals surface area contributed by atoms with E-state index in [2.05, 4.69) is 46.5 Å². The van der Waals surface area contributed by atoms with Crippen LogP contribution in [-0.4, -0.2) is 60.2 Å². The minimum atomic E-state index is 0. The maximum Gasteiger partial charge on any atom is 0.191 e. The van der Waals surface area contributed by atoms with Crippen LogP contribution >= 0.6 is 24.0 Å². The van der Waals surface area contributed by atoms with Gasteiger partial charge in [0.05, 0.1) is 12.6 Å². The van der Waals surface area contributed by atoms with Crippen molar-refractivity contribution < 1.29 is 9.47 Å². The van der Waals surface area contributed by atoms with Crippen molar-refractivity contribution in [2.24, 2.45) is 16.3 Å². The van der Waals surface area contributed by atoms with Gasteiger partial charge >= 0.3 is 0 Å². The van der Waals surface area contributed by atoms with Gasteiger partial charge in [-0.2, -0.15) is 5.10 Å². The predicted octanol–water partition coefficient (Wildman–Crippen LogP) is 2.36. The summed E-state index contributed by atoms with van der Waals surface area (Å²) in [5.41, 5.74) is 0.149. The van der Waals surface area contributed by atoms with Crippen molar-refractivity contribution in [3.05, 3.63) is 11.6 Å². The second kappa shape index (κ2) is 10.9. The molecule has 0 bridgehead atoms. The van der Waals surface area contributed by atoms with Gasteiger partial charge in [0.1, 0.15) is 12.4 Å². The molecule has 0 saturated carbocycles. The summed E-state index contributed by atoms with van der Waals surface area (Å²) in [7, 11) is 3.50. The highest BCUT2D eigenvalue weighted by Gasteiger charge is 2.35. The number of ether oxygens (including phenoxy) is 2. The van der Waals surface area contributed by atoms with Crippen LogP contribution in [0.2, 0.25) is 0 Å². The highest BCUT2D eigenvalue weighted by molar-refractivity contribution is 14.0. The van der Waals surface area contributed by atoms with Crippen molar-refractivity contribution in [2.45, 2.75) is 71.8 Å². The first kappa shape index (κ1) is 24.3. The third-order valence-corrected chi connectivity index (χ3v) is 5.57. The summed E-state index contributed by atoms with van der Waals surface area (Å²) in [5.74, 6) is 3.15. The number of rotatable bonds is 5. The third kappa shape index (κ3) is 6.52. The number of halogens is 1. The van der Waals surface area contributed by atoms with E-state index in [0.717, 1.165) is 56.6 Å². The molecule has 2 aliphatic rings. The van der Waals surface area contributed by atoms with Gasteiger partial charge in [0, 0.05) is 45.7 Å². The summed E-state index contributed by atoms with van der Waals surface area (Å²) >= 11 is 0. The molecular formula is C20H37IN6O2. The Balaban J connectivity index is 0.00000300. The van der Waals surface area contributed by atoms with Gasteiger partial charge in [-0.25, -0.2) is 9.67 Å². The molecule has 3 rings (SSSR count). The fourth-order valence-corrected chi connectivity index (χ4v) is 4.29. The van der Waals surface area contributed by atoms with E-state index < -0.39 is 0 Å². The molecule has 1 aromatic rings. The summed E-state index contributed by atoms with van der Waals surface area (Å²) in [4.78, 5) is 8.98. The molecule has 0 radical (unpaired) electrons. The molecule has 2 N–H and O–H groups in total. The first-order valence-electron chi connectivity index (χ1n) is 10.4. The molecule has 1 aromatic heterocycles. The second-order valence-corrected chi connectivity index (χ2v) is 8.95. The van der Waals surface area contributed by atoms with E-state index in [1.165, 1.54) is 6.42 Å². The van der Waals surface area contributed by atoms with Crippen molar-refractivity contribution in [3.8, 4) is 0 Å². The smallest absolute Gasteiger partial charge is 0.191 e. The average Bonchev–Trinajstić information content (AvgIpc) is 3.06. The van der Waals surface area contributed by atoms with E-state index in [0.29, 0.717) is 12.5 Å². The largest absolute Gasteiger partial charge is 0.377 e. The van der Waals surface area contributed by atoms with Crippen LogP contribution in [0, 0.1) is 11.3 Å². The molecule has 3 atom stereocenters. The molecule has 2 aliphatic heterocycles. The van der Waals surface area contributed by atoms with Crippen molar-refractivity contribution in [3.63, 3.8) is 0 Å². The summed E-state index contributed by atoms with van der Waals surface area (Å²) in [6.07, 6.45) is 4.53. The maximum absolute atomic E-state index is 6.10. The SMILES string of the molecule is CN=C(NCC1CCCOC1C(C)(C)C)NC1CCc2nc(COC)nn2C1.I. The first-order chi connectivity index (χ1) is 13.4. The molecule has 29 heavy (non-hydrogen) atoms. The Labute approximate surface area is 191 Å². The number of nitrogens with zero attached hydrogens (tertiary/aromatic N) is 4. The van der Waals surface area contributed by atoms with Crippen LogP contribution in [0.5, 0.6) is 0 Å². The monoisotopic (exact) mass is 520 g/mol. The number of fused-ring (bicyclic) bond motifs is 1. The number of hydrogen-bond donors (Lipinski definition) is 2. The highest BCUT2D eigenvalue weighted by Crippen LogP contribution is 2.33. The van der Waals surface area contributed by atoms with Crippen molar-refractivity contribution in [2.75, 3.05) is 27.3 Å². The maximum atomic E-state index is 6.10. The zero-order valence-corrected chi connectivity index (χ0v) is 20.7. The van der Waals surface area contributed by atoms with Crippen LogP contribution in [0.3, 0.4) is 0 Å². The van der Waals surface area contributed by atoms with Crippen LogP contribution in [0.1, 0.15) is 51.7 Å². The number of aliphatic imine (C=N–C) groups is 1.